The molecule has 5 nitrogen and oxygen atoms in total. The molecule has 1 aromatic rings. The first-order valence-electron chi connectivity index (χ1n) is 5.88. The molecule has 108 valence electrons. The van der Waals surface area contributed by atoms with E-state index in [9.17, 15) is 13.2 Å². The Morgan fingerprint density at radius 3 is 2.58 bits per heavy atom. The number of amides is 1. The standard InChI is InChI=1S/C12H20N2O3S2/c1-9(15)14-10-5-6-18-11(10)7-13-8-12(2,3)19(4,16)17/h5-6,13H,7-8H2,1-4H3,(H,14,15). The third-order valence-corrected chi connectivity index (χ3v) is 5.97. The highest BCUT2D eigenvalue weighted by Gasteiger charge is 2.29. The average molecular weight is 304 g/mol. The van der Waals surface area contributed by atoms with Crippen molar-refractivity contribution < 1.29 is 13.2 Å². The Labute approximate surface area is 118 Å². The summed E-state index contributed by atoms with van der Waals surface area (Å²) in [5.74, 6) is -0.115. The van der Waals surface area contributed by atoms with Crippen molar-refractivity contribution in [2.24, 2.45) is 0 Å². The van der Waals surface area contributed by atoms with E-state index in [-0.39, 0.29) is 5.91 Å². The summed E-state index contributed by atoms with van der Waals surface area (Å²) >= 11 is 1.52. The number of anilines is 1. The summed E-state index contributed by atoms with van der Waals surface area (Å²) in [6.45, 7) is 5.74. The van der Waals surface area contributed by atoms with E-state index < -0.39 is 14.6 Å². The van der Waals surface area contributed by atoms with Gasteiger partial charge in [-0.15, -0.1) is 11.3 Å². The molecule has 0 spiro atoms. The quantitative estimate of drug-likeness (QED) is 0.837. The highest BCUT2D eigenvalue weighted by molar-refractivity contribution is 7.92. The van der Waals surface area contributed by atoms with Gasteiger partial charge >= 0.3 is 0 Å². The lowest BCUT2D eigenvalue weighted by atomic mass is 10.2. The predicted octanol–water partition coefficient (Wildman–Crippen LogP) is 1.62. The Morgan fingerprint density at radius 2 is 2.05 bits per heavy atom. The lowest BCUT2D eigenvalue weighted by Crippen LogP contribution is -2.41. The third kappa shape index (κ3) is 4.59. The van der Waals surface area contributed by atoms with E-state index in [1.807, 2.05) is 11.4 Å². The minimum absolute atomic E-state index is 0.115. The molecule has 0 aliphatic carbocycles. The van der Waals surface area contributed by atoms with Crippen molar-refractivity contribution in [3.05, 3.63) is 16.3 Å². The number of rotatable bonds is 6. The summed E-state index contributed by atoms with van der Waals surface area (Å²) in [6.07, 6.45) is 1.24. The number of thiophene rings is 1. The van der Waals surface area contributed by atoms with E-state index in [4.69, 9.17) is 0 Å². The van der Waals surface area contributed by atoms with Crippen LogP contribution in [0.4, 0.5) is 5.69 Å². The first kappa shape index (κ1) is 16.1. The van der Waals surface area contributed by atoms with Crippen LogP contribution in [-0.2, 0) is 21.2 Å². The zero-order valence-corrected chi connectivity index (χ0v) is 13.2. The maximum absolute atomic E-state index is 11.6. The molecule has 0 aliphatic rings. The fraction of sp³-hybridized carbons (Fsp3) is 0.583. The molecule has 0 atom stereocenters. The van der Waals surface area contributed by atoms with Gasteiger partial charge < -0.3 is 10.6 Å². The van der Waals surface area contributed by atoms with E-state index >= 15 is 0 Å². The molecule has 2 N–H and O–H groups in total. The number of sulfone groups is 1. The third-order valence-electron chi connectivity index (χ3n) is 2.90. The van der Waals surface area contributed by atoms with Gasteiger partial charge in [0.05, 0.1) is 10.4 Å². The van der Waals surface area contributed by atoms with E-state index in [0.717, 1.165) is 10.6 Å². The van der Waals surface area contributed by atoms with Gasteiger partial charge in [-0.25, -0.2) is 8.42 Å². The zero-order valence-electron chi connectivity index (χ0n) is 11.6. The van der Waals surface area contributed by atoms with Gasteiger partial charge in [0.2, 0.25) is 5.91 Å². The van der Waals surface area contributed by atoms with Gasteiger partial charge in [-0.05, 0) is 25.3 Å². The summed E-state index contributed by atoms with van der Waals surface area (Å²) in [5.41, 5.74) is 0.780. The largest absolute Gasteiger partial charge is 0.325 e. The number of carbonyl (C=O) groups is 1. The molecule has 0 radical (unpaired) electrons. The van der Waals surface area contributed by atoms with Crippen LogP contribution in [0.1, 0.15) is 25.6 Å². The molecule has 1 aromatic heterocycles. The molecule has 1 rings (SSSR count). The maximum atomic E-state index is 11.6. The molecule has 0 aromatic carbocycles. The normalized spacial score (nSPS) is 12.4. The highest BCUT2D eigenvalue weighted by Crippen LogP contribution is 2.22. The van der Waals surface area contributed by atoms with Crippen LogP contribution in [0.5, 0.6) is 0 Å². The molecule has 1 heterocycles. The molecule has 0 saturated carbocycles. The minimum atomic E-state index is -3.10. The molecule has 1 amide bonds. The Hall–Kier alpha value is -0.920. The predicted molar refractivity (Wildman–Crippen MR) is 79.3 cm³/mol. The lowest BCUT2D eigenvalue weighted by Gasteiger charge is -2.22. The monoisotopic (exact) mass is 304 g/mol. The average Bonchev–Trinajstić information content (AvgIpc) is 2.63. The Balaban J connectivity index is 2.59. The fourth-order valence-corrected chi connectivity index (χ4v) is 2.55. The van der Waals surface area contributed by atoms with Crippen LogP contribution in [0.15, 0.2) is 11.4 Å². The second kappa shape index (κ2) is 6.02. The van der Waals surface area contributed by atoms with Crippen molar-refractivity contribution in [3.63, 3.8) is 0 Å². The molecule has 0 aliphatic heterocycles. The van der Waals surface area contributed by atoms with Crippen molar-refractivity contribution >= 4 is 32.8 Å². The summed E-state index contributed by atoms with van der Waals surface area (Å²) in [6, 6.07) is 1.84. The van der Waals surface area contributed by atoms with Gasteiger partial charge in [-0.2, -0.15) is 0 Å². The number of hydrogen-bond donors (Lipinski definition) is 2. The first-order valence-corrected chi connectivity index (χ1v) is 8.65. The van der Waals surface area contributed by atoms with Gasteiger partial charge in [-0.3, -0.25) is 4.79 Å². The molecule has 7 heteroatoms. The molecule has 0 fully saturated rings. The van der Waals surface area contributed by atoms with Crippen LogP contribution < -0.4 is 10.6 Å². The molecule has 0 saturated heterocycles. The van der Waals surface area contributed by atoms with E-state index in [2.05, 4.69) is 10.6 Å². The van der Waals surface area contributed by atoms with E-state index in [1.165, 1.54) is 24.5 Å². The van der Waals surface area contributed by atoms with Crippen LogP contribution in [0, 0.1) is 0 Å². The second-order valence-corrected chi connectivity index (χ2v) is 8.72. The fourth-order valence-electron chi connectivity index (χ4n) is 1.39. The zero-order chi connectivity index (χ0) is 14.7. The van der Waals surface area contributed by atoms with Gasteiger partial charge in [-0.1, -0.05) is 0 Å². The number of carbonyl (C=O) groups excluding carboxylic acids is 1. The molecule has 0 bridgehead atoms. The van der Waals surface area contributed by atoms with Crippen molar-refractivity contribution in [3.8, 4) is 0 Å². The first-order chi connectivity index (χ1) is 8.63. The van der Waals surface area contributed by atoms with Crippen LogP contribution >= 0.6 is 11.3 Å². The molecule has 0 unspecified atom stereocenters. The topological polar surface area (TPSA) is 75.3 Å². The summed E-state index contributed by atoms with van der Waals surface area (Å²) < 4.78 is 22.3. The Kier molecular flexibility index (Phi) is 5.11. The lowest BCUT2D eigenvalue weighted by molar-refractivity contribution is -0.114. The van der Waals surface area contributed by atoms with E-state index in [1.54, 1.807) is 13.8 Å². The van der Waals surface area contributed by atoms with Crippen LogP contribution in [0.3, 0.4) is 0 Å². The van der Waals surface area contributed by atoms with Crippen molar-refractivity contribution in [2.45, 2.75) is 32.1 Å². The van der Waals surface area contributed by atoms with Crippen molar-refractivity contribution in [1.29, 1.82) is 0 Å². The SMILES string of the molecule is CC(=O)Nc1ccsc1CNCC(C)(C)S(C)(=O)=O. The maximum Gasteiger partial charge on any atom is 0.221 e. The van der Waals surface area contributed by atoms with Crippen molar-refractivity contribution in [2.75, 3.05) is 18.1 Å². The second-order valence-electron chi connectivity index (χ2n) is 5.07. The highest BCUT2D eigenvalue weighted by atomic mass is 32.2. The van der Waals surface area contributed by atoms with Gasteiger partial charge in [0.1, 0.15) is 0 Å². The van der Waals surface area contributed by atoms with E-state index in [0.29, 0.717) is 13.1 Å². The van der Waals surface area contributed by atoms with Crippen LogP contribution in [-0.4, -0.2) is 31.9 Å². The van der Waals surface area contributed by atoms with Crippen LogP contribution in [0.2, 0.25) is 0 Å². The minimum Gasteiger partial charge on any atom is -0.325 e. The van der Waals surface area contributed by atoms with Gasteiger partial charge in [0.15, 0.2) is 9.84 Å². The molecule has 19 heavy (non-hydrogen) atoms. The van der Waals surface area contributed by atoms with Crippen LogP contribution in [0.25, 0.3) is 0 Å². The summed E-state index contributed by atoms with van der Waals surface area (Å²) in [5, 5.41) is 7.77. The van der Waals surface area contributed by atoms with Gasteiger partial charge in [0.25, 0.3) is 0 Å². The van der Waals surface area contributed by atoms with Gasteiger partial charge in [0, 0.05) is 31.1 Å². The van der Waals surface area contributed by atoms with Crippen molar-refractivity contribution in [1.82, 2.24) is 5.32 Å². The molecular weight excluding hydrogens is 284 g/mol. The number of nitrogens with one attached hydrogen (secondary N) is 2. The summed E-state index contributed by atoms with van der Waals surface area (Å²) in [4.78, 5) is 12.0. The number of hydrogen-bond acceptors (Lipinski definition) is 5. The smallest absolute Gasteiger partial charge is 0.221 e. The Bertz CT molecular complexity index is 547. The molecular formula is C12H20N2O3S2. The Morgan fingerprint density at radius 1 is 1.42 bits per heavy atom. The summed E-state index contributed by atoms with van der Waals surface area (Å²) in [7, 11) is -3.10.